The first-order valence-electron chi connectivity index (χ1n) is 16.7. The fraction of sp³-hybridized carbons (Fsp3) is 0.571. The van der Waals surface area contributed by atoms with Crippen LogP contribution in [0.25, 0.3) is 0 Å². The Labute approximate surface area is 284 Å². The quantitative estimate of drug-likeness (QED) is 0.121. The molecule has 0 saturated carbocycles. The Morgan fingerprint density at radius 2 is 1.73 bits per heavy atom. The van der Waals surface area contributed by atoms with E-state index in [1.54, 1.807) is 36.1 Å². The first kappa shape index (κ1) is 38.4. The minimum atomic E-state index is -0.879. The summed E-state index contributed by atoms with van der Waals surface area (Å²) in [7, 11) is 6.76. The van der Waals surface area contributed by atoms with Crippen LogP contribution in [0.4, 0.5) is 11.4 Å². The first-order chi connectivity index (χ1) is 23.3. The largest absolute Gasteiger partial charge is 0.493 e. The van der Waals surface area contributed by atoms with Crippen LogP contribution >= 0.6 is 0 Å². The van der Waals surface area contributed by atoms with E-state index < -0.39 is 6.23 Å². The number of nitrogens with zero attached hydrogens (tertiary/aromatic N) is 2. The highest BCUT2D eigenvalue weighted by molar-refractivity contribution is 6.00. The van der Waals surface area contributed by atoms with E-state index in [9.17, 15) is 19.5 Å². The number of fused-ring (bicyclic) bond motifs is 1. The molecule has 0 aromatic heterocycles. The molecule has 1 aliphatic rings. The van der Waals surface area contributed by atoms with Gasteiger partial charge in [-0.3, -0.25) is 14.4 Å². The zero-order chi connectivity index (χ0) is 35.1. The summed E-state index contributed by atoms with van der Waals surface area (Å²) in [5.41, 5.74) is 8.36. The topological polar surface area (TPSA) is 165 Å². The lowest BCUT2D eigenvalue weighted by Gasteiger charge is -2.35. The van der Waals surface area contributed by atoms with Gasteiger partial charge in [-0.05, 0) is 69.7 Å². The molecule has 2 aromatic rings. The Morgan fingerprint density at radius 1 is 1.06 bits per heavy atom. The molecule has 1 aliphatic heterocycles. The fourth-order valence-corrected chi connectivity index (χ4v) is 5.97. The number of aldehydes is 1. The summed E-state index contributed by atoms with van der Waals surface area (Å²) < 4.78 is 23.4. The van der Waals surface area contributed by atoms with Crippen LogP contribution in [0.2, 0.25) is 0 Å². The van der Waals surface area contributed by atoms with Crippen LogP contribution in [-0.2, 0) is 16.0 Å². The number of aliphatic hydroxyl groups excluding tert-OH is 1. The smallest absolute Gasteiger partial charge is 0.240 e. The number of amides is 2. The molecule has 2 amide bonds. The summed E-state index contributed by atoms with van der Waals surface area (Å²) in [5.74, 6) is 1.74. The van der Waals surface area contributed by atoms with Crippen LogP contribution in [0.5, 0.6) is 23.0 Å². The zero-order valence-electron chi connectivity index (χ0n) is 29.0. The van der Waals surface area contributed by atoms with E-state index in [1.165, 1.54) is 7.11 Å². The van der Waals surface area contributed by atoms with Crippen molar-refractivity contribution in [3.05, 3.63) is 35.4 Å². The SMILES string of the molecule is CCCC(CN(C(=O)CN)c1cc(OCCCCCOc2cc3c(cc2OC)CCCC(NC=O)C(O)N3C)c(OC)cc1C=O)NC. The average molecular weight is 672 g/mol. The van der Waals surface area contributed by atoms with E-state index in [0.717, 1.165) is 56.2 Å². The second kappa shape index (κ2) is 19.7. The molecule has 3 unspecified atom stereocenters. The number of anilines is 2. The molecule has 0 aliphatic carbocycles. The molecule has 0 spiro atoms. The third-order valence-corrected chi connectivity index (χ3v) is 8.70. The number of likely N-dealkylation sites (N-methyl/N-ethyl adjacent to an activating group) is 2. The number of hydrogen-bond acceptors (Lipinski definition) is 11. The number of methoxy groups -OCH3 is 2. The van der Waals surface area contributed by atoms with Crippen molar-refractivity contribution in [3.8, 4) is 23.0 Å². The van der Waals surface area contributed by atoms with E-state index in [2.05, 4.69) is 17.6 Å². The number of hydrogen-bond donors (Lipinski definition) is 4. The van der Waals surface area contributed by atoms with Gasteiger partial charge in [-0.1, -0.05) is 13.3 Å². The van der Waals surface area contributed by atoms with E-state index in [0.29, 0.717) is 73.1 Å². The molecule has 1 heterocycles. The van der Waals surface area contributed by atoms with Crippen molar-refractivity contribution in [1.29, 1.82) is 0 Å². The maximum Gasteiger partial charge on any atom is 0.240 e. The number of ether oxygens (including phenoxy) is 4. The van der Waals surface area contributed by atoms with Crippen LogP contribution in [0.15, 0.2) is 24.3 Å². The summed E-state index contributed by atoms with van der Waals surface area (Å²) in [4.78, 5) is 39.3. The molecule has 0 bridgehead atoms. The highest BCUT2D eigenvalue weighted by atomic mass is 16.5. The van der Waals surface area contributed by atoms with Crippen LogP contribution in [0, 0.1) is 0 Å². The van der Waals surface area contributed by atoms with E-state index >= 15 is 0 Å². The molecule has 13 heteroatoms. The van der Waals surface area contributed by atoms with Crippen molar-refractivity contribution in [2.75, 3.05) is 64.4 Å². The number of nitrogens with one attached hydrogen (secondary N) is 2. The Kier molecular flexibility index (Phi) is 15.7. The number of aliphatic hydroxyl groups is 1. The monoisotopic (exact) mass is 671 g/mol. The number of unbranched alkanes of at least 4 members (excludes halogenated alkanes) is 2. The Bertz CT molecular complexity index is 1340. The Hall–Kier alpha value is -4.07. The van der Waals surface area contributed by atoms with Crippen LogP contribution in [-0.4, -0.2) is 96.6 Å². The van der Waals surface area contributed by atoms with Gasteiger partial charge in [-0.25, -0.2) is 0 Å². The number of aryl methyl sites for hydroxylation is 1. The number of rotatable bonds is 20. The number of benzene rings is 2. The zero-order valence-corrected chi connectivity index (χ0v) is 29.0. The molecular weight excluding hydrogens is 618 g/mol. The van der Waals surface area contributed by atoms with Crippen molar-refractivity contribution in [2.24, 2.45) is 5.73 Å². The number of carbonyl (C=O) groups is 3. The van der Waals surface area contributed by atoms with Crippen LogP contribution < -0.4 is 45.1 Å². The normalized spacial score (nSPS) is 16.5. The van der Waals surface area contributed by atoms with E-state index in [1.807, 2.05) is 19.2 Å². The molecule has 3 atom stereocenters. The summed E-state index contributed by atoms with van der Waals surface area (Å²) in [5, 5.41) is 16.9. The summed E-state index contributed by atoms with van der Waals surface area (Å²) in [6.45, 7) is 3.07. The van der Waals surface area contributed by atoms with Gasteiger partial charge in [0.05, 0.1) is 45.7 Å². The summed E-state index contributed by atoms with van der Waals surface area (Å²) in [6, 6.07) is 6.76. The predicted molar refractivity (Wildman–Crippen MR) is 186 cm³/mol. The number of nitrogens with two attached hydrogens (primary N) is 1. The molecule has 0 saturated heterocycles. The molecule has 3 rings (SSSR count). The van der Waals surface area contributed by atoms with Crippen LogP contribution in [0.1, 0.15) is 67.8 Å². The second-order valence-corrected chi connectivity index (χ2v) is 11.9. The third-order valence-electron chi connectivity index (χ3n) is 8.70. The average Bonchev–Trinajstić information content (AvgIpc) is 3.10. The maximum absolute atomic E-state index is 12.9. The summed E-state index contributed by atoms with van der Waals surface area (Å²) >= 11 is 0. The van der Waals surface area contributed by atoms with Gasteiger partial charge in [0.1, 0.15) is 6.23 Å². The Balaban J connectivity index is 1.63. The van der Waals surface area contributed by atoms with Gasteiger partial charge in [0.25, 0.3) is 0 Å². The van der Waals surface area contributed by atoms with E-state index in [-0.39, 0.29) is 24.5 Å². The number of carbonyl (C=O) groups excluding carboxylic acids is 3. The third kappa shape index (κ3) is 9.97. The van der Waals surface area contributed by atoms with Gasteiger partial charge < -0.3 is 50.2 Å². The first-order valence-corrected chi connectivity index (χ1v) is 16.7. The maximum atomic E-state index is 12.9. The molecule has 0 radical (unpaired) electrons. The van der Waals surface area contributed by atoms with Gasteiger partial charge >= 0.3 is 0 Å². The lowest BCUT2D eigenvalue weighted by molar-refractivity contribution is -0.117. The lowest BCUT2D eigenvalue weighted by atomic mass is 9.97. The van der Waals surface area contributed by atoms with Crippen molar-refractivity contribution >= 4 is 30.0 Å². The minimum absolute atomic E-state index is 0.0274. The predicted octanol–water partition coefficient (Wildman–Crippen LogP) is 3.03. The van der Waals surface area contributed by atoms with Gasteiger partial charge in [0.2, 0.25) is 12.3 Å². The summed E-state index contributed by atoms with van der Waals surface area (Å²) in [6.07, 6.45) is 6.77. The van der Waals surface area contributed by atoms with Crippen LogP contribution in [0.3, 0.4) is 0 Å². The van der Waals surface area contributed by atoms with Gasteiger partial charge in [-0.15, -0.1) is 0 Å². The van der Waals surface area contributed by atoms with E-state index in [4.69, 9.17) is 24.7 Å². The highest BCUT2D eigenvalue weighted by Crippen LogP contribution is 2.38. The van der Waals surface area contributed by atoms with Gasteiger partial charge in [0.15, 0.2) is 29.3 Å². The lowest BCUT2D eigenvalue weighted by Crippen LogP contribution is -2.49. The van der Waals surface area contributed by atoms with Crippen molar-refractivity contribution in [2.45, 2.75) is 76.6 Å². The van der Waals surface area contributed by atoms with Gasteiger partial charge in [-0.2, -0.15) is 0 Å². The standard InChI is InChI=1S/C35H53N5O8/c1-6-11-26(37-2)21-40(34(43)20-36)29-19-33(31(46-5)17-25(29)22-41)48-15-9-7-8-14-47-32-18-28-24(16-30(32)45-4)12-10-13-27(38-23-42)35(44)39(28)3/h16-19,22-23,26-27,35,37,44H,6-15,20-21,36H2,1-5H3,(H,38,42). The van der Waals surface area contributed by atoms with Crippen molar-refractivity contribution in [1.82, 2.24) is 10.6 Å². The molecule has 266 valence electrons. The molecule has 13 nitrogen and oxygen atoms in total. The highest BCUT2D eigenvalue weighted by Gasteiger charge is 2.28. The molecule has 5 N–H and O–H groups in total. The Morgan fingerprint density at radius 3 is 2.31 bits per heavy atom. The molecular formula is C35H53N5O8. The van der Waals surface area contributed by atoms with Crippen molar-refractivity contribution < 1.29 is 38.4 Å². The fourth-order valence-electron chi connectivity index (χ4n) is 5.97. The van der Waals surface area contributed by atoms with Crippen molar-refractivity contribution in [3.63, 3.8) is 0 Å². The minimum Gasteiger partial charge on any atom is -0.493 e. The second-order valence-electron chi connectivity index (χ2n) is 11.9. The molecule has 48 heavy (non-hydrogen) atoms. The molecule has 2 aromatic carbocycles. The van der Waals surface area contributed by atoms with Gasteiger partial charge in [0, 0.05) is 43.0 Å². The molecule has 0 fully saturated rings.